The number of azide groups is 1. The molecule has 2 heterocycles. The highest BCUT2D eigenvalue weighted by Crippen LogP contribution is 2.52. The maximum absolute atomic E-state index is 13.1. The molecule has 0 radical (unpaired) electrons. The molecule has 44 heavy (non-hydrogen) atoms. The molecular weight excluding hydrogens is 626 g/mol. The first-order valence-electron chi connectivity index (χ1n) is 13.1. The molecule has 1 aliphatic heterocycles. The smallest absolute Gasteiger partial charge is 0.330 e. The number of aryl methyl sites for hydroxylation is 1. The molecule has 0 saturated carbocycles. The molecule has 0 spiro atoms. The lowest BCUT2D eigenvalue weighted by Gasteiger charge is -2.45. The summed E-state index contributed by atoms with van der Waals surface area (Å²) in [4.78, 5) is 42.7. The van der Waals surface area contributed by atoms with E-state index in [2.05, 4.69) is 15.0 Å². The number of aromatic nitrogens is 2. The average Bonchev–Trinajstić information content (AvgIpc) is 3.18. The molecule has 0 aliphatic carbocycles. The van der Waals surface area contributed by atoms with Crippen molar-refractivity contribution in [3.8, 4) is 0 Å². The lowest BCUT2D eigenvalue weighted by Crippen LogP contribution is -2.63. The van der Waals surface area contributed by atoms with E-state index in [1.54, 1.807) is 30.3 Å². The van der Waals surface area contributed by atoms with E-state index in [4.69, 9.17) is 28.1 Å². The maximum atomic E-state index is 13.1. The van der Waals surface area contributed by atoms with Crippen molar-refractivity contribution in [2.24, 2.45) is 5.11 Å². The van der Waals surface area contributed by atoms with Crippen molar-refractivity contribution in [3.63, 3.8) is 0 Å². The van der Waals surface area contributed by atoms with Crippen LogP contribution >= 0.6 is 0 Å². The Bertz CT molecular complexity index is 1680. The first-order valence-corrected chi connectivity index (χ1v) is 16.7. The SMILES string of the molecule is CC(=O)O[C@H]1[C@H](n2cc(C)c(=O)[nH]c2=O)OC(COS(C)(=O)=O)(COS(C)(=O)=O)[C@@]1(CCCN=[N+]=[N-])OCc1ccccc1. The summed E-state index contributed by atoms with van der Waals surface area (Å²) in [5, 5.41) is 3.53. The Morgan fingerprint density at radius 3 is 2.27 bits per heavy atom. The molecule has 3 atom stereocenters. The Hall–Kier alpha value is -3.58. The fourth-order valence-electron chi connectivity index (χ4n) is 4.85. The maximum Gasteiger partial charge on any atom is 0.330 e. The number of H-pyrrole nitrogens is 1. The van der Waals surface area contributed by atoms with Gasteiger partial charge in [0.2, 0.25) is 0 Å². The lowest BCUT2D eigenvalue weighted by molar-refractivity contribution is -0.214. The molecule has 1 aliphatic rings. The van der Waals surface area contributed by atoms with E-state index in [1.165, 1.54) is 6.92 Å². The minimum atomic E-state index is -4.22. The Balaban J connectivity index is 2.38. The number of hydrogen-bond acceptors (Lipinski definition) is 13. The summed E-state index contributed by atoms with van der Waals surface area (Å²) >= 11 is 0. The third-order valence-electron chi connectivity index (χ3n) is 6.77. The summed E-state index contributed by atoms with van der Waals surface area (Å²) in [5.41, 5.74) is 3.58. The molecule has 0 unspecified atom stereocenters. The van der Waals surface area contributed by atoms with Crippen molar-refractivity contribution in [2.75, 3.05) is 32.3 Å². The van der Waals surface area contributed by atoms with Gasteiger partial charge in [-0.2, -0.15) is 16.8 Å². The highest BCUT2D eigenvalue weighted by atomic mass is 32.2. The molecule has 1 aromatic carbocycles. The molecule has 0 bridgehead atoms. The summed E-state index contributed by atoms with van der Waals surface area (Å²) in [6.07, 6.45) is -0.811. The zero-order chi connectivity index (χ0) is 32.8. The molecular formula is C25H33N5O12S2. The van der Waals surface area contributed by atoms with Crippen LogP contribution in [0.4, 0.5) is 0 Å². The Labute approximate surface area is 252 Å². The minimum absolute atomic E-state index is 0.0196. The number of hydrogen-bond donors (Lipinski definition) is 1. The van der Waals surface area contributed by atoms with Gasteiger partial charge in [0, 0.05) is 30.1 Å². The molecule has 0 amide bonds. The predicted octanol–water partition coefficient (Wildman–Crippen LogP) is 1.04. The Kier molecular flexibility index (Phi) is 11.1. The summed E-state index contributed by atoms with van der Waals surface area (Å²) in [7, 11) is -8.45. The molecule has 19 heteroatoms. The van der Waals surface area contributed by atoms with Gasteiger partial charge in [-0.25, -0.2) is 4.79 Å². The Morgan fingerprint density at radius 2 is 1.73 bits per heavy atom. The van der Waals surface area contributed by atoms with Crippen molar-refractivity contribution in [1.82, 2.24) is 9.55 Å². The number of carbonyl (C=O) groups excluding carboxylic acids is 1. The van der Waals surface area contributed by atoms with E-state index in [1.807, 2.05) is 0 Å². The third-order valence-corrected chi connectivity index (χ3v) is 7.86. The van der Waals surface area contributed by atoms with Crippen LogP contribution in [-0.4, -0.2) is 81.9 Å². The molecule has 1 saturated heterocycles. The number of esters is 1. The fourth-order valence-corrected chi connectivity index (χ4v) is 5.66. The van der Waals surface area contributed by atoms with Gasteiger partial charge in [0.25, 0.3) is 25.8 Å². The second kappa shape index (κ2) is 14.0. The zero-order valence-electron chi connectivity index (χ0n) is 24.4. The molecule has 1 N–H and O–H groups in total. The number of benzene rings is 1. The molecule has 2 aromatic rings. The minimum Gasteiger partial charge on any atom is -0.454 e. The van der Waals surface area contributed by atoms with E-state index < -0.39 is 74.2 Å². The zero-order valence-corrected chi connectivity index (χ0v) is 26.0. The monoisotopic (exact) mass is 659 g/mol. The predicted molar refractivity (Wildman–Crippen MR) is 153 cm³/mol. The molecule has 1 fully saturated rings. The lowest BCUT2D eigenvalue weighted by atomic mass is 9.77. The van der Waals surface area contributed by atoms with Crippen LogP contribution in [0.15, 0.2) is 51.2 Å². The van der Waals surface area contributed by atoms with E-state index >= 15 is 0 Å². The number of nitrogens with one attached hydrogen (secondary N) is 1. The molecule has 242 valence electrons. The number of nitrogens with zero attached hydrogens (tertiary/aromatic N) is 4. The highest BCUT2D eigenvalue weighted by molar-refractivity contribution is 7.86. The van der Waals surface area contributed by atoms with E-state index in [9.17, 15) is 31.2 Å². The van der Waals surface area contributed by atoms with Crippen LogP contribution in [0, 0.1) is 6.92 Å². The van der Waals surface area contributed by atoms with Gasteiger partial charge >= 0.3 is 11.7 Å². The van der Waals surface area contributed by atoms with Gasteiger partial charge in [0.05, 0.1) is 19.1 Å². The van der Waals surface area contributed by atoms with Crippen molar-refractivity contribution < 1.29 is 44.2 Å². The first kappa shape index (κ1) is 34.9. The second-order valence-electron chi connectivity index (χ2n) is 10.2. The summed E-state index contributed by atoms with van der Waals surface area (Å²) in [5.74, 6) is -0.871. The van der Waals surface area contributed by atoms with E-state index in [-0.39, 0.29) is 31.6 Å². The van der Waals surface area contributed by atoms with Crippen LogP contribution in [0.25, 0.3) is 10.4 Å². The van der Waals surface area contributed by atoms with Crippen LogP contribution in [0.3, 0.4) is 0 Å². The van der Waals surface area contributed by atoms with Crippen LogP contribution in [-0.2, 0) is 54.2 Å². The van der Waals surface area contributed by atoms with Crippen LogP contribution in [0.5, 0.6) is 0 Å². The average molecular weight is 660 g/mol. The fraction of sp³-hybridized carbons (Fsp3) is 0.560. The standard InChI is InChI=1S/C25H33N5O12S2/c1-17-13-30(23(33)28-21(17)32)22-20(41-18(2)31)25(11-8-12-27-29-26,38-14-19-9-6-5-7-10-19)24(42-22,15-39-43(3,34)35)16-40-44(4,36)37/h5-7,9-10,13,20,22H,8,11-12,14-16H2,1-4H3,(H,28,32,33)/t20-,22+,25-/m0/s1. The van der Waals surface area contributed by atoms with Crippen molar-refractivity contribution >= 4 is 26.2 Å². The number of carbonyl (C=O) groups is 1. The van der Waals surface area contributed by atoms with Gasteiger partial charge in [0.1, 0.15) is 18.8 Å². The van der Waals surface area contributed by atoms with Gasteiger partial charge in [-0.1, -0.05) is 35.4 Å². The molecule has 17 nitrogen and oxygen atoms in total. The number of ether oxygens (including phenoxy) is 3. The van der Waals surface area contributed by atoms with E-state index in [0.29, 0.717) is 5.56 Å². The van der Waals surface area contributed by atoms with Crippen molar-refractivity contribution in [1.29, 1.82) is 0 Å². The topological polar surface area (TPSA) is 235 Å². The summed E-state index contributed by atoms with van der Waals surface area (Å²) < 4.78 is 78.8. The van der Waals surface area contributed by atoms with Gasteiger partial charge in [0.15, 0.2) is 17.9 Å². The quantitative estimate of drug-likeness (QED) is 0.0705. The van der Waals surface area contributed by atoms with Crippen molar-refractivity contribution in [3.05, 3.63) is 78.9 Å². The molecule has 1 aromatic heterocycles. The van der Waals surface area contributed by atoms with Crippen LogP contribution in [0.1, 0.15) is 37.1 Å². The second-order valence-corrected chi connectivity index (χ2v) is 13.5. The Morgan fingerprint density at radius 1 is 1.11 bits per heavy atom. The van der Waals surface area contributed by atoms with Gasteiger partial charge in [-0.3, -0.25) is 27.5 Å². The van der Waals surface area contributed by atoms with Crippen LogP contribution < -0.4 is 11.2 Å². The molecule has 3 rings (SSSR count). The summed E-state index contributed by atoms with van der Waals surface area (Å²) in [6.45, 7) is 0.287. The third kappa shape index (κ3) is 8.53. The van der Waals surface area contributed by atoms with Gasteiger partial charge < -0.3 is 14.2 Å². The van der Waals surface area contributed by atoms with Gasteiger partial charge in [-0.15, -0.1) is 0 Å². The van der Waals surface area contributed by atoms with E-state index in [0.717, 1.165) is 30.2 Å². The summed E-state index contributed by atoms with van der Waals surface area (Å²) in [6, 6.07) is 8.61. The van der Waals surface area contributed by atoms with Crippen LogP contribution in [0.2, 0.25) is 0 Å². The number of rotatable bonds is 15. The first-order chi connectivity index (χ1) is 20.5. The number of aromatic amines is 1. The van der Waals surface area contributed by atoms with Crippen molar-refractivity contribution in [2.45, 2.75) is 56.8 Å². The highest BCUT2D eigenvalue weighted by Gasteiger charge is 2.70. The largest absolute Gasteiger partial charge is 0.454 e. The normalized spacial score (nSPS) is 21.5. The van der Waals surface area contributed by atoms with Gasteiger partial charge in [-0.05, 0) is 30.9 Å².